The van der Waals surface area contributed by atoms with Gasteiger partial charge >= 0.3 is 7.60 Å². The number of hydrogen-bond donors (Lipinski definition) is 5. The molecule has 1 heterocycles. The summed E-state index contributed by atoms with van der Waals surface area (Å²) < 4.78 is 24.7. The second-order valence-corrected chi connectivity index (χ2v) is 6.54. The van der Waals surface area contributed by atoms with Crippen LogP contribution in [-0.2, 0) is 14.0 Å². The van der Waals surface area contributed by atoms with Crippen LogP contribution in [0, 0.1) is 0 Å². The average molecular weight is 357 g/mol. The topological polar surface area (TPSA) is 124 Å². The Balaban J connectivity index is 2.23. The molecule has 0 bridgehead atoms. The van der Waals surface area contributed by atoms with E-state index in [-0.39, 0.29) is 18.9 Å². The summed E-state index contributed by atoms with van der Waals surface area (Å²) in [5.41, 5.74) is 6.73. The predicted molar refractivity (Wildman–Crippen MR) is 83.4 cm³/mol. The van der Waals surface area contributed by atoms with E-state index in [9.17, 15) is 4.57 Å². The van der Waals surface area contributed by atoms with Crippen molar-refractivity contribution in [3.63, 3.8) is 0 Å². The van der Waals surface area contributed by atoms with Crippen molar-refractivity contribution in [2.24, 2.45) is 4.51 Å². The fourth-order valence-corrected chi connectivity index (χ4v) is 2.33. The maximum atomic E-state index is 10.7. The molecule has 0 aromatic rings. The third-order valence-electron chi connectivity index (χ3n) is 2.77. The van der Waals surface area contributed by atoms with Crippen molar-refractivity contribution < 1.29 is 23.8 Å². The number of hydrogen-bond acceptors (Lipinski definition) is 7. The number of ether oxygens (including phenoxy) is 2. The molecule has 5 N–H and O–H groups in total. The van der Waals surface area contributed by atoms with E-state index in [0.717, 1.165) is 18.4 Å². The second-order valence-electron chi connectivity index (χ2n) is 4.75. The fourth-order valence-electron chi connectivity index (χ4n) is 1.87. The number of halogens is 1. The van der Waals surface area contributed by atoms with E-state index in [1.165, 1.54) is 6.21 Å². The van der Waals surface area contributed by atoms with Gasteiger partial charge in [-0.05, 0) is 19.9 Å². The molecule has 0 aromatic carbocycles. The molecule has 128 valence electrons. The van der Waals surface area contributed by atoms with Crippen LogP contribution in [0.15, 0.2) is 16.3 Å². The third-order valence-corrected chi connectivity index (χ3v) is 3.38. The standard InChI is InChI=1S/C11H22ClN4O5P/c1-13-4-9(5-14-12)6-15-16-11-3-2-10(21-11)7-20-8-22(17,18)19/h5-6,10-11,13,15-16H,2-4,7-8H2,1H3,(H2,17,18,19). The van der Waals surface area contributed by atoms with E-state index in [1.807, 2.05) is 7.05 Å². The smallest absolute Gasteiger partial charge is 0.350 e. The lowest BCUT2D eigenvalue weighted by Gasteiger charge is -2.15. The lowest BCUT2D eigenvalue weighted by molar-refractivity contribution is -0.0227. The molecule has 22 heavy (non-hydrogen) atoms. The monoisotopic (exact) mass is 356 g/mol. The Bertz CT molecular complexity index is 431. The molecule has 2 atom stereocenters. The highest BCUT2D eigenvalue weighted by atomic mass is 35.5. The van der Waals surface area contributed by atoms with Crippen LogP contribution in [0.5, 0.6) is 0 Å². The molecule has 1 saturated heterocycles. The van der Waals surface area contributed by atoms with Gasteiger partial charge in [0, 0.05) is 36.3 Å². The van der Waals surface area contributed by atoms with Gasteiger partial charge < -0.3 is 30.0 Å². The molecule has 0 spiro atoms. The first kappa shape index (κ1) is 19.5. The van der Waals surface area contributed by atoms with E-state index >= 15 is 0 Å². The molecule has 2 unspecified atom stereocenters. The minimum atomic E-state index is -4.12. The van der Waals surface area contributed by atoms with Gasteiger partial charge in [0.2, 0.25) is 0 Å². The zero-order chi connectivity index (χ0) is 16.4. The Morgan fingerprint density at radius 1 is 1.55 bits per heavy atom. The molecule has 0 amide bonds. The molecule has 0 saturated carbocycles. The summed E-state index contributed by atoms with van der Waals surface area (Å²) in [7, 11) is -2.31. The maximum Gasteiger partial charge on any atom is 0.350 e. The Hall–Kier alpha value is -0.510. The Kier molecular flexibility index (Phi) is 9.15. The van der Waals surface area contributed by atoms with Crippen LogP contribution in [0.25, 0.3) is 0 Å². The van der Waals surface area contributed by atoms with Gasteiger partial charge in [-0.3, -0.25) is 4.57 Å². The Morgan fingerprint density at radius 2 is 2.32 bits per heavy atom. The average Bonchev–Trinajstić information content (AvgIpc) is 2.86. The maximum absolute atomic E-state index is 10.7. The van der Waals surface area contributed by atoms with Crippen molar-refractivity contribution in [2.45, 2.75) is 25.2 Å². The minimum absolute atomic E-state index is 0.156. The lowest BCUT2D eigenvalue weighted by atomic mass is 10.2. The summed E-state index contributed by atoms with van der Waals surface area (Å²) in [5.74, 6) is 0. The molecule has 1 aliphatic heterocycles. The molecule has 0 radical (unpaired) electrons. The van der Waals surface area contributed by atoms with Crippen LogP contribution in [0.1, 0.15) is 12.8 Å². The van der Waals surface area contributed by atoms with Gasteiger partial charge in [-0.25, -0.2) is 5.43 Å². The lowest BCUT2D eigenvalue weighted by Crippen LogP contribution is -2.38. The largest absolute Gasteiger partial charge is 0.366 e. The van der Waals surface area contributed by atoms with Gasteiger partial charge in [0.15, 0.2) is 0 Å². The van der Waals surface area contributed by atoms with Crippen molar-refractivity contribution in [3.05, 3.63) is 11.8 Å². The minimum Gasteiger partial charge on any atom is -0.366 e. The van der Waals surface area contributed by atoms with E-state index in [0.29, 0.717) is 6.54 Å². The van der Waals surface area contributed by atoms with Crippen molar-refractivity contribution >= 4 is 25.6 Å². The summed E-state index contributed by atoms with van der Waals surface area (Å²) in [4.78, 5) is 17.4. The highest BCUT2D eigenvalue weighted by Gasteiger charge is 2.25. The first-order valence-corrected chi connectivity index (χ1v) is 8.85. The summed E-state index contributed by atoms with van der Waals surface area (Å²) in [6, 6.07) is 0. The van der Waals surface area contributed by atoms with Gasteiger partial charge in [0.1, 0.15) is 12.6 Å². The Morgan fingerprint density at radius 3 is 2.95 bits per heavy atom. The highest BCUT2D eigenvalue weighted by Crippen LogP contribution is 2.34. The summed E-state index contributed by atoms with van der Waals surface area (Å²) in [5, 5.41) is 2.98. The SMILES string of the molecule is CNCC(C=NCl)=CNNC1CCC(COCP(=O)(O)O)O1. The second kappa shape index (κ2) is 10.3. The first-order valence-electron chi connectivity index (χ1n) is 6.71. The summed E-state index contributed by atoms with van der Waals surface area (Å²) >= 11 is 5.30. The van der Waals surface area contributed by atoms with Crippen molar-refractivity contribution in [1.82, 2.24) is 16.2 Å². The summed E-state index contributed by atoms with van der Waals surface area (Å²) in [6.07, 6.45) is 3.76. The van der Waals surface area contributed by atoms with Crippen LogP contribution in [0.4, 0.5) is 0 Å². The first-order chi connectivity index (χ1) is 10.4. The molecule has 0 aromatic heterocycles. The highest BCUT2D eigenvalue weighted by molar-refractivity contribution is 7.51. The zero-order valence-electron chi connectivity index (χ0n) is 12.2. The molecular formula is C11H22ClN4O5P. The number of rotatable bonds is 10. The molecule has 0 aliphatic carbocycles. The van der Waals surface area contributed by atoms with E-state index in [2.05, 4.69) is 20.7 Å². The van der Waals surface area contributed by atoms with Crippen LogP contribution < -0.4 is 16.2 Å². The molecule has 1 fully saturated rings. The number of hydrazine groups is 1. The summed E-state index contributed by atoms with van der Waals surface area (Å²) in [6.45, 7) is 0.762. The van der Waals surface area contributed by atoms with E-state index < -0.39 is 13.9 Å². The normalized spacial score (nSPS) is 23.4. The van der Waals surface area contributed by atoms with Crippen LogP contribution >= 0.6 is 19.4 Å². The van der Waals surface area contributed by atoms with Gasteiger partial charge in [-0.15, -0.1) is 0 Å². The molecular weight excluding hydrogens is 335 g/mol. The van der Waals surface area contributed by atoms with E-state index in [4.69, 9.17) is 31.0 Å². The quantitative estimate of drug-likeness (QED) is 0.211. The van der Waals surface area contributed by atoms with Gasteiger partial charge in [0.05, 0.1) is 12.7 Å². The van der Waals surface area contributed by atoms with Gasteiger partial charge in [0.25, 0.3) is 0 Å². The Labute approximate surface area is 134 Å². The van der Waals surface area contributed by atoms with Gasteiger partial charge in [-0.2, -0.15) is 4.51 Å². The van der Waals surface area contributed by atoms with Crippen molar-refractivity contribution in [3.8, 4) is 0 Å². The molecule has 11 heteroatoms. The van der Waals surface area contributed by atoms with Gasteiger partial charge in [-0.1, -0.05) is 0 Å². The number of nitrogens with zero attached hydrogens (tertiary/aromatic N) is 1. The van der Waals surface area contributed by atoms with Crippen molar-refractivity contribution in [1.29, 1.82) is 0 Å². The molecule has 9 nitrogen and oxygen atoms in total. The third kappa shape index (κ3) is 8.82. The number of nitrogens with one attached hydrogen (secondary N) is 3. The van der Waals surface area contributed by atoms with Crippen LogP contribution in [0.2, 0.25) is 0 Å². The zero-order valence-corrected chi connectivity index (χ0v) is 13.9. The van der Waals surface area contributed by atoms with Crippen molar-refractivity contribution in [2.75, 3.05) is 26.5 Å². The molecule has 1 aliphatic rings. The van der Waals surface area contributed by atoms with Crippen LogP contribution in [0.3, 0.4) is 0 Å². The molecule has 1 rings (SSSR count). The predicted octanol–water partition coefficient (Wildman–Crippen LogP) is 0.0654. The van der Waals surface area contributed by atoms with Crippen LogP contribution in [-0.4, -0.2) is 54.9 Å². The van der Waals surface area contributed by atoms with E-state index in [1.54, 1.807) is 6.20 Å². The fraction of sp³-hybridized carbons (Fsp3) is 0.727. The number of likely N-dealkylation sites (N-methyl/N-ethyl adjacent to an activating group) is 1.